The van der Waals surface area contributed by atoms with Crippen LogP contribution in [0.2, 0.25) is 5.02 Å². The van der Waals surface area contributed by atoms with E-state index in [0.717, 1.165) is 21.9 Å². The summed E-state index contributed by atoms with van der Waals surface area (Å²) in [5.41, 5.74) is 6.07. The molecule has 2 aromatic carbocycles. The minimum atomic E-state index is -4.16. The van der Waals surface area contributed by atoms with Crippen molar-refractivity contribution >= 4 is 39.0 Å². The molecule has 1 atom stereocenters. The summed E-state index contributed by atoms with van der Waals surface area (Å²) >= 11 is 5.93. The van der Waals surface area contributed by atoms with Crippen molar-refractivity contribution in [2.75, 3.05) is 35.2 Å². The number of carbonyl (C=O) groups excluding carboxylic acids is 1. The number of nitrogens with two attached hydrogens (primary N) is 1. The normalized spacial score (nSPS) is 21.0. The number of morpholine rings is 1. The van der Waals surface area contributed by atoms with Crippen LogP contribution in [0.15, 0.2) is 45.8 Å². The molecule has 1 amide bonds. The molecule has 3 heterocycles. The monoisotopic (exact) mass is 557 g/mol. The van der Waals surface area contributed by atoms with Crippen molar-refractivity contribution in [3.05, 3.63) is 52.8 Å². The molecule has 5 rings (SSSR count). The lowest BCUT2D eigenvalue weighted by Gasteiger charge is -2.30. The first-order valence-electron chi connectivity index (χ1n) is 10.9. The Balaban J connectivity index is 1.58. The lowest BCUT2D eigenvalue weighted by Crippen LogP contribution is -2.46. The van der Waals surface area contributed by atoms with Gasteiger partial charge in [-0.3, -0.25) is 4.79 Å². The highest BCUT2D eigenvalue weighted by atomic mass is 35.5. The molecule has 0 aliphatic carbocycles. The number of anilines is 2. The first-order valence-corrected chi connectivity index (χ1v) is 12.9. The second-order valence-corrected chi connectivity index (χ2v) is 11.0. The number of benzene rings is 2. The second-order valence-electron chi connectivity index (χ2n) is 8.55. The molecular formula is C22H19ClF3N5O5S. The zero-order chi connectivity index (χ0) is 26.5. The fraction of sp³-hybridized carbons (Fsp3) is 0.318. The highest BCUT2D eigenvalue weighted by Crippen LogP contribution is 2.37. The van der Waals surface area contributed by atoms with Crippen molar-refractivity contribution in [2.24, 2.45) is 5.73 Å². The topological polar surface area (TPSA) is 132 Å². The van der Waals surface area contributed by atoms with E-state index in [1.807, 2.05) is 0 Å². The minimum absolute atomic E-state index is 0.0311. The zero-order valence-corrected chi connectivity index (χ0v) is 20.5. The molecule has 196 valence electrons. The summed E-state index contributed by atoms with van der Waals surface area (Å²) in [6, 6.07) is 6.68. The summed E-state index contributed by atoms with van der Waals surface area (Å²) in [5, 5.41) is 4.15. The molecule has 15 heteroatoms. The fourth-order valence-electron chi connectivity index (χ4n) is 4.10. The Morgan fingerprint density at radius 2 is 1.95 bits per heavy atom. The number of fused-ring (bicyclic) bond motifs is 1. The van der Waals surface area contributed by atoms with Crippen molar-refractivity contribution in [2.45, 2.75) is 23.6 Å². The predicted molar refractivity (Wildman–Crippen MR) is 125 cm³/mol. The lowest BCUT2D eigenvalue weighted by atomic mass is 10.1. The number of ether oxygens (including phenoxy) is 1. The molecule has 0 spiro atoms. The molecule has 2 aliphatic rings. The Morgan fingerprint density at radius 1 is 1.22 bits per heavy atom. The van der Waals surface area contributed by atoms with Crippen LogP contribution in [0.25, 0.3) is 11.4 Å². The van der Waals surface area contributed by atoms with E-state index >= 15 is 4.39 Å². The van der Waals surface area contributed by atoms with Gasteiger partial charge in [-0.1, -0.05) is 28.9 Å². The molecule has 0 radical (unpaired) electrons. The van der Waals surface area contributed by atoms with Crippen molar-refractivity contribution in [1.82, 2.24) is 10.1 Å². The first-order chi connectivity index (χ1) is 17.4. The SMILES string of the molecule is N[C@H]1CS(=O)(=O)c2cc(F)c(-c3noc(N4CCOC(F)(F)C4)n3)cc2N(Cc2ccc(Cl)cc2)C1=O. The van der Waals surface area contributed by atoms with Crippen LogP contribution in [0, 0.1) is 5.82 Å². The highest BCUT2D eigenvalue weighted by Gasteiger charge is 2.40. The van der Waals surface area contributed by atoms with Gasteiger partial charge in [0.25, 0.3) is 0 Å². The van der Waals surface area contributed by atoms with E-state index in [9.17, 15) is 22.0 Å². The molecule has 0 saturated carbocycles. The number of halogens is 4. The van der Waals surface area contributed by atoms with Gasteiger partial charge >= 0.3 is 12.1 Å². The van der Waals surface area contributed by atoms with Crippen molar-refractivity contribution in [1.29, 1.82) is 0 Å². The summed E-state index contributed by atoms with van der Waals surface area (Å²) < 4.78 is 77.9. The Kier molecular flexibility index (Phi) is 6.38. The molecule has 0 unspecified atom stereocenters. The second kappa shape index (κ2) is 9.28. The van der Waals surface area contributed by atoms with Gasteiger partial charge in [0.2, 0.25) is 11.7 Å². The predicted octanol–water partition coefficient (Wildman–Crippen LogP) is 2.61. The molecule has 1 aromatic heterocycles. The first kappa shape index (κ1) is 25.4. The average Bonchev–Trinajstić information content (AvgIpc) is 3.30. The van der Waals surface area contributed by atoms with Crippen LogP contribution in [-0.4, -0.2) is 62.1 Å². The van der Waals surface area contributed by atoms with Crippen LogP contribution in [0.4, 0.5) is 24.9 Å². The number of nitrogens with zero attached hydrogens (tertiary/aromatic N) is 4. The third-order valence-corrected chi connectivity index (χ3v) is 7.93. The maximum Gasteiger partial charge on any atom is 0.373 e. The molecule has 2 N–H and O–H groups in total. The van der Waals surface area contributed by atoms with Gasteiger partial charge in [-0.15, -0.1) is 0 Å². The van der Waals surface area contributed by atoms with E-state index in [1.165, 1.54) is 0 Å². The number of hydrogen-bond donors (Lipinski definition) is 1. The van der Waals surface area contributed by atoms with Crippen molar-refractivity contribution < 1.29 is 35.6 Å². The smallest absolute Gasteiger partial charge is 0.319 e. The standard InChI is InChI=1S/C22H19ClF3N5O5S/c23-13-3-1-12(2-4-13)9-31-17-7-14(15(24)8-18(17)37(33,34)10-16(27)20(31)32)19-28-21(36-29-19)30-5-6-35-22(25,26)11-30/h1-4,7-8,16H,5-6,9-11,27H2/t16-/m0/s1. The number of amides is 1. The summed E-state index contributed by atoms with van der Waals surface area (Å²) in [5.74, 6) is -2.75. The van der Waals surface area contributed by atoms with E-state index in [2.05, 4.69) is 14.9 Å². The summed E-state index contributed by atoms with van der Waals surface area (Å²) in [6.07, 6.45) is -3.43. The number of aromatic nitrogens is 2. The van der Waals surface area contributed by atoms with E-state index in [-0.39, 0.29) is 42.8 Å². The van der Waals surface area contributed by atoms with Crippen LogP contribution in [0.3, 0.4) is 0 Å². The van der Waals surface area contributed by atoms with Gasteiger partial charge in [0, 0.05) is 11.6 Å². The lowest BCUT2D eigenvalue weighted by molar-refractivity contribution is -0.240. The van der Waals surface area contributed by atoms with Gasteiger partial charge in [0.15, 0.2) is 9.84 Å². The maximum atomic E-state index is 15.2. The van der Waals surface area contributed by atoms with Crippen LogP contribution < -0.4 is 15.5 Å². The molecule has 3 aromatic rings. The van der Waals surface area contributed by atoms with E-state index in [1.54, 1.807) is 24.3 Å². The summed E-state index contributed by atoms with van der Waals surface area (Å²) in [4.78, 5) is 19.0. The van der Waals surface area contributed by atoms with Crippen LogP contribution >= 0.6 is 11.6 Å². The van der Waals surface area contributed by atoms with Crippen molar-refractivity contribution in [3.63, 3.8) is 0 Å². The van der Waals surface area contributed by atoms with Crippen LogP contribution in [-0.2, 0) is 25.9 Å². The van der Waals surface area contributed by atoms with Gasteiger partial charge in [-0.05, 0) is 29.8 Å². The highest BCUT2D eigenvalue weighted by molar-refractivity contribution is 7.91. The van der Waals surface area contributed by atoms with Crippen LogP contribution in [0.1, 0.15) is 5.56 Å². The van der Waals surface area contributed by atoms with Gasteiger partial charge in [-0.2, -0.15) is 13.8 Å². The van der Waals surface area contributed by atoms with Gasteiger partial charge < -0.3 is 24.8 Å². The fourth-order valence-corrected chi connectivity index (χ4v) is 5.79. The molecular weight excluding hydrogens is 539 g/mol. The van der Waals surface area contributed by atoms with Crippen LogP contribution in [0.5, 0.6) is 0 Å². The van der Waals surface area contributed by atoms with Gasteiger partial charge in [0.05, 0.1) is 41.1 Å². The Hall–Kier alpha value is -3.20. The number of sulfone groups is 1. The number of carbonyl (C=O) groups is 1. The van der Waals surface area contributed by atoms with Crippen molar-refractivity contribution in [3.8, 4) is 11.4 Å². The molecule has 1 saturated heterocycles. The average molecular weight is 558 g/mol. The molecule has 10 nitrogen and oxygen atoms in total. The van der Waals surface area contributed by atoms with E-state index in [4.69, 9.17) is 21.9 Å². The quantitative estimate of drug-likeness (QED) is 0.514. The third-order valence-electron chi connectivity index (χ3n) is 5.89. The Morgan fingerprint density at radius 3 is 2.65 bits per heavy atom. The molecule has 1 fully saturated rings. The largest absolute Gasteiger partial charge is 0.373 e. The molecule has 0 bridgehead atoms. The Bertz CT molecular complexity index is 1470. The zero-order valence-electron chi connectivity index (χ0n) is 18.9. The van der Waals surface area contributed by atoms with E-state index in [0.29, 0.717) is 10.6 Å². The number of rotatable bonds is 4. The van der Waals surface area contributed by atoms with Gasteiger partial charge in [0.1, 0.15) is 12.4 Å². The number of alkyl halides is 2. The van der Waals surface area contributed by atoms with E-state index < -0.39 is 50.9 Å². The van der Waals surface area contributed by atoms with Gasteiger partial charge in [-0.25, -0.2) is 12.8 Å². The third kappa shape index (κ3) is 5.01. The Labute approximate surface area is 213 Å². The molecule has 2 aliphatic heterocycles. The summed E-state index contributed by atoms with van der Waals surface area (Å²) in [7, 11) is -4.16. The summed E-state index contributed by atoms with van der Waals surface area (Å²) in [6.45, 7) is -1.19. The minimum Gasteiger partial charge on any atom is -0.319 e. The number of hydrogen-bond acceptors (Lipinski definition) is 9. The molecule has 37 heavy (non-hydrogen) atoms. The maximum absolute atomic E-state index is 15.2.